The second-order valence-electron chi connectivity index (χ2n) is 6.31. The van der Waals surface area contributed by atoms with Crippen LogP contribution in [0.25, 0.3) is 22.2 Å². The Balaban J connectivity index is 2.19. The maximum atomic E-state index is 10.5. The van der Waals surface area contributed by atoms with E-state index in [-0.39, 0.29) is 0 Å². The number of fused-ring (bicyclic) bond motifs is 1. The van der Waals surface area contributed by atoms with Crippen LogP contribution in [0.3, 0.4) is 0 Å². The Morgan fingerprint density at radius 2 is 1.57 bits per heavy atom. The number of hydrogen-bond donors (Lipinski definition) is 2. The van der Waals surface area contributed by atoms with Gasteiger partial charge in [0.05, 0.1) is 0 Å². The van der Waals surface area contributed by atoms with Gasteiger partial charge >= 0.3 is 0 Å². The van der Waals surface area contributed by atoms with Crippen LogP contribution in [-0.2, 0) is 12.8 Å². The molecule has 2 aromatic carbocycles. The molecule has 23 heavy (non-hydrogen) atoms. The third kappa shape index (κ3) is 2.86. The van der Waals surface area contributed by atoms with E-state index in [1.165, 1.54) is 27.7 Å². The molecule has 0 saturated carbocycles. The Morgan fingerprint density at radius 3 is 2.13 bits per heavy atom. The lowest BCUT2D eigenvalue weighted by Gasteiger charge is -2.12. The number of hydrogen-bond acceptors (Lipinski definition) is 1. The maximum absolute atomic E-state index is 10.5. The highest BCUT2D eigenvalue weighted by atomic mass is 16.3. The molecule has 0 aliphatic carbocycles. The van der Waals surface area contributed by atoms with Gasteiger partial charge in [0.1, 0.15) is 5.75 Å². The van der Waals surface area contributed by atoms with Gasteiger partial charge < -0.3 is 10.1 Å². The second kappa shape index (κ2) is 6.49. The van der Waals surface area contributed by atoms with Crippen molar-refractivity contribution in [3.05, 3.63) is 53.1 Å². The molecule has 0 aliphatic rings. The predicted octanol–water partition coefficient (Wildman–Crippen LogP) is 5.75. The van der Waals surface area contributed by atoms with Gasteiger partial charge in [-0.15, -0.1) is 0 Å². The van der Waals surface area contributed by atoms with Crippen LogP contribution >= 0.6 is 0 Å². The highest BCUT2D eigenvalue weighted by Crippen LogP contribution is 2.35. The van der Waals surface area contributed by atoms with E-state index in [1.54, 1.807) is 0 Å². The van der Waals surface area contributed by atoms with Gasteiger partial charge in [-0.05, 0) is 60.2 Å². The minimum atomic E-state index is 0.492. The van der Waals surface area contributed by atoms with Crippen LogP contribution in [0.1, 0.15) is 43.4 Å². The molecule has 0 radical (unpaired) electrons. The van der Waals surface area contributed by atoms with Gasteiger partial charge in [0.15, 0.2) is 0 Å². The molecular weight excluding hydrogens is 282 g/mol. The molecule has 1 aromatic heterocycles. The van der Waals surface area contributed by atoms with E-state index in [1.807, 2.05) is 0 Å². The van der Waals surface area contributed by atoms with E-state index in [4.69, 9.17) is 0 Å². The molecule has 0 saturated heterocycles. The molecule has 2 N–H and O–H groups in total. The van der Waals surface area contributed by atoms with Crippen LogP contribution < -0.4 is 0 Å². The fourth-order valence-electron chi connectivity index (χ4n) is 3.40. The van der Waals surface area contributed by atoms with Crippen LogP contribution in [-0.4, -0.2) is 10.1 Å². The number of aromatic amines is 1. The van der Waals surface area contributed by atoms with Crippen molar-refractivity contribution < 1.29 is 5.11 Å². The monoisotopic (exact) mass is 307 g/mol. The Labute approximate surface area is 138 Å². The fourth-order valence-corrected chi connectivity index (χ4v) is 3.40. The quantitative estimate of drug-likeness (QED) is 0.618. The number of phenols is 1. The lowest BCUT2D eigenvalue weighted by molar-refractivity contribution is 0.460. The second-order valence-corrected chi connectivity index (χ2v) is 6.31. The zero-order chi connectivity index (χ0) is 16.4. The summed E-state index contributed by atoms with van der Waals surface area (Å²) >= 11 is 0. The molecule has 0 aliphatic heterocycles. The van der Waals surface area contributed by atoms with Gasteiger partial charge in [-0.25, -0.2) is 0 Å². The SMILES string of the molecule is CCCc1cc(-c2[nH]c3ccccc3c2C)cc(CCC)c1O. The predicted molar refractivity (Wildman–Crippen MR) is 98.1 cm³/mol. The van der Waals surface area contributed by atoms with Crippen molar-refractivity contribution in [2.75, 3.05) is 0 Å². The lowest BCUT2D eigenvalue weighted by Crippen LogP contribution is -1.94. The first-order chi connectivity index (χ1) is 11.2. The minimum absolute atomic E-state index is 0.492. The highest BCUT2D eigenvalue weighted by Gasteiger charge is 2.14. The molecule has 0 fully saturated rings. The zero-order valence-corrected chi connectivity index (χ0v) is 14.2. The van der Waals surface area contributed by atoms with Gasteiger partial charge in [-0.3, -0.25) is 0 Å². The smallest absolute Gasteiger partial charge is 0.121 e. The third-order valence-corrected chi connectivity index (χ3v) is 4.56. The number of benzene rings is 2. The molecule has 0 atom stereocenters. The van der Waals surface area contributed by atoms with Crippen LogP contribution in [0.4, 0.5) is 0 Å². The van der Waals surface area contributed by atoms with Crippen LogP contribution in [0.5, 0.6) is 5.75 Å². The molecule has 0 unspecified atom stereocenters. The van der Waals surface area contributed by atoms with Crippen molar-refractivity contribution in [2.45, 2.75) is 46.5 Å². The zero-order valence-electron chi connectivity index (χ0n) is 14.2. The summed E-state index contributed by atoms with van der Waals surface area (Å²) in [5.41, 5.74) is 6.92. The first kappa shape index (κ1) is 15.7. The largest absolute Gasteiger partial charge is 0.507 e. The Morgan fingerprint density at radius 1 is 0.957 bits per heavy atom. The van der Waals surface area contributed by atoms with Crippen LogP contribution in [0.2, 0.25) is 0 Å². The first-order valence-electron chi connectivity index (χ1n) is 8.58. The summed E-state index contributed by atoms with van der Waals surface area (Å²) in [6, 6.07) is 12.7. The van der Waals surface area contributed by atoms with E-state index < -0.39 is 0 Å². The maximum Gasteiger partial charge on any atom is 0.121 e. The van der Waals surface area contributed by atoms with E-state index in [2.05, 4.69) is 62.2 Å². The van der Waals surface area contributed by atoms with E-state index in [0.29, 0.717) is 5.75 Å². The summed E-state index contributed by atoms with van der Waals surface area (Å²) in [4.78, 5) is 3.56. The molecule has 3 aromatic rings. The van der Waals surface area contributed by atoms with Crippen LogP contribution in [0, 0.1) is 6.92 Å². The fraction of sp³-hybridized carbons (Fsp3) is 0.333. The average molecular weight is 307 g/mol. The Kier molecular flexibility index (Phi) is 4.42. The molecule has 0 bridgehead atoms. The van der Waals surface area contributed by atoms with Crippen molar-refractivity contribution in [3.63, 3.8) is 0 Å². The lowest BCUT2D eigenvalue weighted by atomic mass is 9.95. The molecular formula is C21H25NO. The molecule has 0 amide bonds. The first-order valence-corrected chi connectivity index (χ1v) is 8.58. The van der Waals surface area contributed by atoms with Crippen LogP contribution in [0.15, 0.2) is 36.4 Å². The number of rotatable bonds is 5. The van der Waals surface area contributed by atoms with Crippen molar-refractivity contribution in [1.82, 2.24) is 4.98 Å². The molecule has 1 heterocycles. The van der Waals surface area contributed by atoms with Gasteiger partial charge in [0.25, 0.3) is 0 Å². The summed E-state index contributed by atoms with van der Waals surface area (Å²) in [5, 5.41) is 11.8. The van der Waals surface area contributed by atoms with Gasteiger partial charge in [-0.2, -0.15) is 0 Å². The molecule has 0 spiro atoms. The summed E-state index contributed by atoms with van der Waals surface area (Å²) in [6.07, 6.45) is 3.90. The van der Waals surface area contributed by atoms with Crippen molar-refractivity contribution >= 4 is 10.9 Å². The molecule has 2 nitrogen and oxygen atoms in total. The molecule has 120 valence electrons. The summed E-state index contributed by atoms with van der Waals surface area (Å²) in [5.74, 6) is 0.492. The number of nitrogens with one attached hydrogen (secondary N) is 1. The molecule has 2 heteroatoms. The van der Waals surface area contributed by atoms with E-state index >= 15 is 0 Å². The summed E-state index contributed by atoms with van der Waals surface area (Å²) < 4.78 is 0. The highest BCUT2D eigenvalue weighted by molar-refractivity contribution is 5.90. The van der Waals surface area contributed by atoms with E-state index in [9.17, 15) is 5.11 Å². The van der Waals surface area contributed by atoms with Gasteiger partial charge in [0, 0.05) is 16.6 Å². The summed E-state index contributed by atoms with van der Waals surface area (Å²) in [7, 11) is 0. The number of para-hydroxylation sites is 1. The number of aryl methyl sites for hydroxylation is 3. The normalized spacial score (nSPS) is 11.3. The van der Waals surface area contributed by atoms with Crippen molar-refractivity contribution in [1.29, 1.82) is 0 Å². The Hall–Kier alpha value is -2.22. The number of aromatic nitrogens is 1. The molecule has 3 rings (SSSR count). The Bertz CT molecular complexity index is 802. The average Bonchev–Trinajstić information content (AvgIpc) is 2.89. The number of phenolic OH excluding ortho intramolecular Hbond substituents is 1. The minimum Gasteiger partial charge on any atom is -0.507 e. The topological polar surface area (TPSA) is 36.0 Å². The third-order valence-electron chi connectivity index (χ3n) is 4.56. The number of aromatic hydroxyl groups is 1. The number of H-pyrrole nitrogens is 1. The van der Waals surface area contributed by atoms with Gasteiger partial charge in [-0.1, -0.05) is 44.9 Å². The summed E-state index contributed by atoms with van der Waals surface area (Å²) in [6.45, 7) is 6.47. The standard InChI is InChI=1S/C21H25NO/c1-4-8-15-12-17(13-16(9-5-2)21(15)23)20-14(3)18-10-6-7-11-19(18)22-20/h6-7,10-13,22-23H,4-5,8-9H2,1-3H3. The van der Waals surface area contributed by atoms with Crippen molar-refractivity contribution in [2.24, 2.45) is 0 Å². The van der Waals surface area contributed by atoms with E-state index in [0.717, 1.165) is 36.8 Å². The van der Waals surface area contributed by atoms with Gasteiger partial charge in [0.2, 0.25) is 0 Å². The van der Waals surface area contributed by atoms with Crippen molar-refractivity contribution in [3.8, 4) is 17.0 Å².